The molecule has 3 N–H and O–H groups in total. The number of hydrogen-bond acceptors (Lipinski definition) is 3. The molecule has 72 valence electrons. The van der Waals surface area contributed by atoms with Gasteiger partial charge >= 0.3 is 0 Å². The van der Waals surface area contributed by atoms with Crippen LogP contribution in [0.1, 0.15) is 11.1 Å². The third kappa shape index (κ3) is 1.92. The van der Waals surface area contributed by atoms with E-state index in [0.717, 1.165) is 11.1 Å². The standard InChI is InChI=1S/C10H15NO2/c1-7-3-4-9(13-2)8(5-6-11)10(7)12/h3-4,12H,5-6,11H2,1-2H3. The van der Waals surface area contributed by atoms with Crippen LogP contribution in [0, 0.1) is 6.92 Å². The SMILES string of the molecule is COc1ccc(C)c(O)c1CCN. The van der Waals surface area contributed by atoms with Crippen molar-refractivity contribution in [2.45, 2.75) is 13.3 Å². The van der Waals surface area contributed by atoms with Crippen molar-refractivity contribution < 1.29 is 9.84 Å². The van der Waals surface area contributed by atoms with Crippen LogP contribution in [-0.4, -0.2) is 18.8 Å². The molecule has 1 rings (SSSR count). The second-order valence-corrected chi connectivity index (χ2v) is 2.95. The first-order valence-electron chi connectivity index (χ1n) is 4.26. The molecule has 1 aromatic rings. The summed E-state index contributed by atoms with van der Waals surface area (Å²) in [6, 6.07) is 3.67. The summed E-state index contributed by atoms with van der Waals surface area (Å²) in [4.78, 5) is 0. The highest BCUT2D eigenvalue weighted by atomic mass is 16.5. The largest absolute Gasteiger partial charge is 0.507 e. The Morgan fingerprint density at radius 1 is 1.46 bits per heavy atom. The molecule has 0 aliphatic rings. The van der Waals surface area contributed by atoms with Crippen LogP contribution in [0.5, 0.6) is 11.5 Å². The van der Waals surface area contributed by atoms with Gasteiger partial charge in [0, 0.05) is 5.56 Å². The maximum Gasteiger partial charge on any atom is 0.125 e. The van der Waals surface area contributed by atoms with Gasteiger partial charge < -0.3 is 15.6 Å². The minimum atomic E-state index is 0.296. The number of methoxy groups -OCH3 is 1. The van der Waals surface area contributed by atoms with Gasteiger partial charge in [0.15, 0.2) is 0 Å². The van der Waals surface area contributed by atoms with Gasteiger partial charge in [-0.3, -0.25) is 0 Å². The lowest BCUT2D eigenvalue weighted by Gasteiger charge is -2.11. The molecule has 0 aromatic heterocycles. The van der Waals surface area contributed by atoms with Crippen molar-refractivity contribution in [2.75, 3.05) is 13.7 Å². The highest BCUT2D eigenvalue weighted by Gasteiger charge is 2.09. The van der Waals surface area contributed by atoms with Crippen LogP contribution in [0.3, 0.4) is 0 Å². The quantitative estimate of drug-likeness (QED) is 0.737. The molecule has 1 aromatic carbocycles. The van der Waals surface area contributed by atoms with E-state index in [-0.39, 0.29) is 0 Å². The number of rotatable bonds is 3. The van der Waals surface area contributed by atoms with E-state index in [0.29, 0.717) is 24.5 Å². The van der Waals surface area contributed by atoms with Crippen LogP contribution < -0.4 is 10.5 Å². The monoisotopic (exact) mass is 181 g/mol. The fourth-order valence-corrected chi connectivity index (χ4v) is 1.31. The van der Waals surface area contributed by atoms with Crippen LogP contribution in [0.2, 0.25) is 0 Å². The van der Waals surface area contributed by atoms with E-state index in [9.17, 15) is 5.11 Å². The van der Waals surface area contributed by atoms with E-state index in [4.69, 9.17) is 10.5 Å². The summed E-state index contributed by atoms with van der Waals surface area (Å²) in [5.41, 5.74) is 7.08. The normalized spacial score (nSPS) is 10.1. The van der Waals surface area contributed by atoms with Crippen molar-refractivity contribution >= 4 is 0 Å². The number of phenols is 1. The van der Waals surface area contributed by atoms with Gasteiger partial charge in [-0.25, -0.2) is 0 Å². The summed E-state index contributed by atoms with van der Waals surface area (Å²) >= 11 is 0. The molecular weight excluding hydrogens is 166 g/mol. The lowest BCUT2D eigenvalue weighted by Crippen LogP contribution is -2.05. The maximum atomic E-state index is 9.71. The van der Waals surface area contributed by atoms with Crippen LogP contribution in [-0.2, 0) is 6.42 Å². The summed E-state index contributed by atoms with van der Waals surface area (Å²) in [5, 5.41) is 9.71. The van der Waals surface area contributed by atoms with Gasteiger partial charge in [-0.05, 0) is 31.5 Å². The zero-order valence-corrected chi connectivity index (χ0v) is 8.00. The minimum Gasteiger partial charge on any atom is -0.507 e. The van der Waals surface area contributed by atoms with Crippen LogP contribution >= 0.6 is 0 Å². The number of phenolic OH excluding ortho intramolecular Hbond substituents is 1. The van der Waals surface area contributed by atoms with Crippen LogP contribution in [0.25, 0.3) is 0 Å². The molecular formula is C10H15NO2. The average molecular weight is 181 g/mol. The second-order valence-electron chi connectivity index (χ2n) is 2.95. The van der Waals surface area contributed by atoms with Gasteiger partial charge in [0.1, 0.15) is 11.5 Å². The fraction of sp³-hybridized carbons (Fsp3) is 0.400. The molecule has 0 bridgehead atoms. The first-order valence-corrected chi connectivity index (χ1v) is 4.26. The van der Waals surface area contributed by atoms with Crippen LogP contribution in [0.4, 0.5) is 0 Å². The average Bonchev–Trinajstić information content (AvgIpc) is 2.14. The van der Waals surface area contributed by atoms with Gasteiger partial charge in [-0.1, -0.05) is 6.07 Å². The van der Waals surface area contributed by atoms with E-state index < -0.39 is 0 Å². The van der Waals surface area contributed by atoms with Gasteiger partial charge in [-0.2, -0.15) is 0 Å². The lowest BCUT2D eigenvalue weighted by atomic mass is 10.1. The van der Waals surface area contributed by atoms with Crippen LogP contribution in [0.15, 0.2) is 12.1 Å². The highest BCUT2D eigenvalue weighted by molar-refractivity contribution is 5.48. The molecule has 0 atom stereocenters. The van der Waals surface area contributed by atoms with E-state index >= 15 is 0 Å². The van der Waals surface area contributed by atoms with Crippen molar-refractivity contribution in [3.8, 4) is 11.5 Å². The molecule has 0 heterocycles. The van der Waals surface area contributed by atoms with Crippen molar-refractivity contribution in [3.63, 3.8) is 0 Å². The number of benzene rings is 1. The summed E-state index contributed by atoms with van der Waals surface area (Å²) in [5.74, 6) is 0.998. The van der Waals surface area contributed by atoms with E-state index in [1.165, 1.54) is 0 Å². The van der Waals surface area contributed by atoms with E-state index in [2.05, 4.69) is 0 Å². The van der Waals surface area contributed by atoms with E-state index in [1.54, 1.807) is 7.11 Å². The molecule has 0 amide bonds. The topological polar surface area (TPSA) is 55.5 Å². The Bertz CT molecular complexity index is 297. The Morgan fingerprint density at radius 2 is 2.15 bits per heavy atom. The molecule has 0 aliphatic carbocycles. The van der Waals surface area contributed by atoms with Gasteiger partial charge in [-0.15, -0.1) is 0 Å². The van der Waals surface area contributed by atoms with Crippen molar-refractivity contribution in [1.82, 2.24) is 0 Å². The summed E-state index contributed by atoms with van der Waals surface area (Å²) < 4.78 is 5.12. The second kappa shape index (κ2) is 4.14. The molecule has 0 spiro atoms. The Labute approximate surface area is 78.1 Å². The first kappa shape index (κ1) is 9.86. The summed E-state index contributed by atoms with van der Waals surface area (Å²) in [7, 11) is 1.59. The lowest BCUT2D eigenvalue weighted by molar-refractivity contribution is 0.399. The smallest absolute Gasteiger partial charge is 0.125 e. The Hall–Kier alpha value is -1.22. The predicted molar refractivity (Wildman–Crippen MR) is 52.2 cm³/mol. The Balaban J connectivity index is 3.15. The van der Waals surface area contributed by atoms with Gasteiger partial charge in [0.05, 0.1) is 7.11 Å². The van der Waals surface area contributed by atoms with Gasteiger partial charge in [0.2, 0.25) is 0 Å². The Kier molecular flexibility index (Phi) is 3.14. The first-order chi connectivity index (χ1) is 6.20. The minimum absolute atomic E-state index is 0.296. The summed E-state index contributed by atoms with van der Waals surface area (Å²) in [6.07, 6.45) is 0.636. The fourth-order valence-electron chi connectivity index (χ4n) is 1.31. The molecule has 0 aliphatic heterocycles. The van der Waals surface area contributed by atoms with Crippen molar-refractivity contribution in [1.29, 1.82) is 0 Å². The van der Waals surface area contributed by atoms with Gasteiger partial charge in [0.25, 0.3) is 0 Å². The predicted octanol–water partition coefficient (Wildman–Crippen LogP) is 1.21. The number of aryl methyl sites for hydroxylation is 1. The zero-order valence-electron chi connectivity index (χ0n) is 8.00. The zero-order chi connectivity index (χ0) is 9.84. The molecule has 0 saturated carbocycles. The molecule has 3 heteroatoms. The van der Waals surface area contributed by atoms with E-state index in [1.807, 2.05) is 19.1 Å². The molecule has 0 fully saturated rings. The maximum absolute atomic E-state index is 9.71. The number of hydrogen-bond donors (Lipinski definition) is 2. The van der Waals surface area contributed by atoms with Crippen molar-refractivity contribution in [3.05, 3.63) is 23.3 Å². The van der Waals surface area contributed by atoms with Crippen molar-refractivity contribution in [2.24, 2.45) is 5.73 Å². The molecule has 13 heavy (non-hydrogen) atoms. The molecule has 0 unspecified atom stereocenters. The summed E-state index contributed by atoms with van der Waals surface area (Å²) in [6.45, 7) is 2.36. The third-order valence-corrected chi connectivity index (χ3v) is 2.06. The molecule has 0 radical (unpaired) electrons. The molecule has 0 saturated heterocycles. The number of nitrogens with two attached hydrogens (primary N) is 1. The number of ether oxygens (including phenoxy) is 1. The Morgan fingerprint density at radius 3 is 2.69 bits per heavy atom. The highest BCUT2D eigenvalue weighted by Crippen LogP contribution is 2.30. The number of aromatic hydroxyl groups is 1. The molecule has 3 nitrogen and oxygen atoms in total. The third-order valence-electron chi connectivity index (χ3n) is 2.06.